The van der Waals surface area contributed by atoms with Gasteiger partial charge in [0.1, 0.15) is 5.78 Å². The van der Waals surface area contributed by atoms with Crippen LogP contribution in [0.5, 0.6) is 0 Å². The van der Waals surface area contributed by atoms with Gasteiger partial charge in [-0.3, -0.25) is 4.79 Å². The molecule has 0 N–H and O–H groups in total. The van der Waals surface area contributed by atoms with Crippen molar-refractivity contribution in [3.63, 3.8) is 0 Å². The predicted octanol–water partition coefficient (Wildman–Crippen LogP) is 9.92. The fourth-order valence-corrected chi connectivity index (χ4v) is 11.0. The van der Waals surface area contributed by atoms with Crippen molar-refractivity contribution in [3.05, 3.63) is 120 Å². The maximum absolute atomic E-state index is 15.2. The molecule has 0 heterocycles. The molecule has 0 amide bonds. The normalized spacial score (nSPS) is 33.8. The smallest absolute Gasteiger partial charge is 0.148 e. The Bertz CT molecular complexity index is 1460. The van der Waals surface area contributed by atoms with E-state index in [1.54, 1.807) is 0 Å². The van der Waals surface area contributed by atoms with E-state index >= 15 is 4.79 Å². The van der Waals surface area contributed by atoms with E-state index in [0.29, 0.717) is 34.3 Å². The second kappa shape index (κ2) is 10.4. The van der Waals surface area contributed by atoms with Gasteiger partial charge in [0.05, 0.1) is 0 Å². The fourth-order valence-electron chi connectivity index (χ4n) is 10.1. The molecule has 0 spiro atoms. The van der Waals surface area contributed by atoms with E-state index in [2.05, 4.69) is 125 Å². The third-order valence-electron chi connectivity index (χ3n) is 11.4. The first-order valence-electron chi connectivity index (χ1n) is 15.7. The van der Waals surface area contributed by atoms with Crippen LogP contribution in [0, 0.1) is 35.5 Å². The minimum atomic E-state index is -0.0478. The summed E-state index contributed by atoms with van der Waals surface area (Å²) in [6, 6.07) is 39.2. The Kier molecular flexibility index (Phi) is 6.52. The zero-order valence-electron chi connectivity index (χ0n) is 23.4. The van der Waals surface area contributed by atoms with Crippen molar-refractivity contribution in [1.82, 2.24) is 0 Å². The molecule has 4 aliphatic rings. The van der Waals surface area contributed by atoms with Crippen molar-refractivity contribution in [2.75, 3.05) is 0 Å². The summed E-state index contributed by atoms with van der Waals surface area (Å²) in [6.07, 6.45) is 6.42. The second-order valence-corrected chi connectivity index (χ2v) is 14.2. The van der Waals surface area contributed by atoms with E-state index in [-0.39, 0.29) is 11.8 Å². The molecule has 0 aliphatic heterocycles. The van der Waals surface area contributed by atoms with Crippen LogP contribution in [0.25, 0.3) is 22.3 Å². The molecule has 8 rings (SSSR count). The summed E-state index contributed by atoms with van der Waals surface area (Å²) in [5, 5.41) is 0. The molecule has 4 aromatic carbocycles. The lowest BCUT2D eigenvalue weighted by Crippen LogP contribution is -2.41. The number of hydrogen-bond acceptors (Lipinski definition) is 1. The minimum absolute atomic E-state index is 0.0478. The molecular formula is C39H37BrO. The summed E-state index contributed by atoms with van der Waals surface area (Å²) in [4.78, 5) is 15.8. The summed E-state index contributed by atoms with van der Waals surface area (Å²) in [7, 11) is 0. The number of Topliss-reactive ketones (excluding diaryl/α,β-unsaturated/α-hetero) is 1. The Balaban J connectivity index is 1.33. The van der Waals surface area contributed by atoms with Crippen LogP contribution in [0.4, 0.5) is 0 Å². The number of alkyl halides is 1. The van der Waals surface area contributed by atoms with Crippen LogP contribution in [-0.4, -0.2) is 10.6 Å². The van der Waals surface area contributed by atoms with E-state index in [1.807, 2.05) is 0 Å². The van der Waals surface area contributed by atoms with Gasteiger partial charge in [0.25, 0.3) is 0 Å². The molecule has 0 aromatic heterocycles. The van der Waals surface area contributed by atoms with Crippen LogP contribution in [0.2, 0.25) is 0 Å². The van der Waals surface area contributed by atoms with Gasteiger partial charge in [-0.15, -0.1) is 0 Å². The number of hydrogen-bond donors (Lipinski definition) is 0. The highest BCUT2D eigenvalue weighted by molar-refractivity contribution is 9.09. The van der Waals surface area contributed by atoms with Crippen LogP contribution in [0.1, 0.15) is 55.1 Å². The Morgan fingerprint density at radius 2 is 0.951 bits per heavy atom. The van der Waals surface area contributed by atoms with Crippen molar-refractivity contribution < 1.29 is 4.79 Å². The monoisotopic (exact) mass is 600 g/mol. The highest BCUT2D eigenvalue weighted by atomic mass is 79.9. The molecule has 9 atom stereocenters. The van der Waals surface area contributed by atoms with Gasteiger partial charge >= 0.3 is 0 Å². The van der Waals surface area contributed by atoms with Crippen LogP contribution < -0.4 is 0 Å². The molecule has 1 nitrogen and oxygen atoms in total. The topological polar surface area (TPSA) is 17.1 Å². The number of carbonyl (C=O) groups is 1. The number of ketones is 1. The Hall–Kier alpha value is -2.97. The molecule has 41 heavy (non-hydrogen) atoms. The molecule has 0 saturated heterocycles. The third-order valence-corrected chi connectivity index (χ3v) is 12.5. The molecule has 4 aliphatic carbocycles. The number of halogens is 1. The van der Waals surface area contributed by atoms with Crippen LogP contribution in [0.15, 0.2) is 109 Å². The standard InChI is InChI=1S/C39H37BrO/c40-33-23-22-32-34-30(33)20-11-21-31(34)35-36(32)38(29-19-10-8-17-27(29)25-14-5-2-6-15-25)39(41)37(35)28-18-9-7-16-26(28)24-12-3-1-4-13-24/h1-10,12-19,30-38H,11,20-23H2. The third kappa shape index (κ3) is 4.04. The maximum atomic E-state index is 15.2. The van der Waals surface area contributed by atoms with Crippen LogP contribution in [0.3, 0.4) is 0 Å². The number of fused-ring (bicyclic) bond motifs is 3. The van der Waals surface area contributed by atoms with E-state index in [9.17, 15) is 0 Å². The lowest BCUT2D eigenvalue weighted by molar-refractivity contribution is -0.121. The molecule has 4 aromatic rings. The van der Waals surface area contributed by atoms with Crippen LogP contribution >= 0.6 is 15.9 Å². The van der Waals surface area contributed by atoms with Gasteiger partial charge in [0.2, 0.25) is 0 Å². The summed E-state index contributed by atoms with van der Waals surface area (Å²) in [5.74, 6) is 3.96. The first kappa shape index (κ1) is 25.7. The summed E-state index contributed by atoms with van der Waals surface area (Å²) in [5.41, 5.74) is 7.44. The zero-order valence-corrected chi connectivity index (χ0v) is 25.0. The quantitative estimate of drug-likeness (QED) is 0.213. The molecule has 9 unspecified atom stereocenters. The van der Waals surface area contributed by atoms with Crippen molar-refractivity contribution in [2.24, 2.45) is 35.5 Å². The summed E-state index contributed by atoms with van der Waals surface area (Å²) in [6.45, 7) is 0. The minimum Gasteiger partial charge on any atom is -0.298 e. The van der Waals surface area contributed by atoms with Gasteiger partial charge in [-0.1, -0.05) is 132 Å². The Morgan fingerprint density at radius 3 is 1.51 bits per heavy atom. The van der Waals surface area contributed by atoms with E-state index in [1.165, 1.54) is 65.5 Å². The zero-order chi connectivity index (χ0) is 27.5. The number of benzene rings is 4. The van der Waals surface area contributed by atoms with Gasteiger partial charge < -0.3 is 0 Å². The average Bonchev–Trinajstić information content (AvgIpc) is 3.51. The maximum Gasteiger partial charge on any atom is 0.148 e. The largest absolute Gasteiger partial charge is 0.298 e. The molecular weight excluding hydrogens is 564 g/mol. The van der Waals surface area contributed by atoms with Gasteiger partial charge in [0, 0.05) is 16.7 Å². The first-order valence-corrected chi connectivity index (χ1v) is 16.6. The first-order chi connectivity index (χ1) is 20.2. The molecule has 4 fully saturated rings. The van der Waals surface area contributed by atoms with E-state index < -0.39 is 0 Å². The second-order valence-electron chi connectivity index (χ2n) is 13.0. The lowest BCUT2D eigenvalue weighted by atomic mass is 9.61. The highest BCUT2D eigenvalue weighted by Gasteiger charge is 2.66. The van der Waals surface area contributed by atoms with E-state index in [0.717, 1.165) is 11.8 Å². The van der Waals surface area contributed by atoms with Gasteiger partial charge in [0.15, 0.2) is 0 Å². The van der Waals surface area contributed by atoms with Crippen molar-refractivity contribution in [2.45, 2.75) is 48.8 Å². The molecule has 0 bridgehead atoms. The van der Waals surface area contributed by atoms with Crippen molar-refractivity contribution >= 4 is 21.7 Å². The Labute approximate surface area is 252 Å². The van der Waals surface area contributed by atoms with Gasteiger partial charge in [-0.2, -0.15) is 0 Å². The molecule has 2 heteroatoms. The van der Waals surface area contributed by atoms with Gasteiger partial charge in [-0.25, -0.2) is 0 Å². The molecule has 206 valence electrons. The van der Waals surface area contributed by atoms with Gasteiger partial charge in [-0.05, 0) is 94.6 Å². The van der Waals surface area contributed by atoms with Crippen molar-refractivity contribution in [1.29, 1.82) is 0 Å². The molecule has 0 radical (unpaired) electrons. The fraction of sp³-hybridized carbons (Fsp3) is 0.359. The van der Waals surface area contributed by atoms with Crippen LogP contribution in [-0.2, 0) is 4.79 Å². The summed E-state index contributed by atoms with van der Waals surface area (Å²) < 4.78 is 0. The SMILES string of the molecule is O=C1C(c2ccccc2-c2ccccc2)C2C3CCCC4C(Br)CCC(C43)C2C1c1ccccc1-c1ccccc1. The predicted molar refractivity (Wildman–Crippen MR) is 171 cm³/mol. The number of rotatable bonds is 4. The summed E-state index contributed by atoms with van der Waals surface area (Å²) >= 11 is 4.14. The Morgan fingerprint density at radius 1 is 0.488 bits per heavy atom. The average molecular weight is 602 g/mol. The molecule has 4 saturated carbocycles. The highest BCUT2D eigenvalue weighted by Crippen LogP contribution is 2.70. The van der Waals surface area contributed by atoms with Crippen molar-refractivity contribution in [3.8, 4) is 22.3 Å². The number of carbonyl (C=O) groups excluding carboxylic acids is 1. The lowest BCUT2D eigenvalue weighted by Gasteiger charge is -2.46. The van der Waals surface area contributed by atoms with E-state index in [4.69, 9.17) is 0 Å².